The van der Waals surface area contributed by atoms with Crippen LogP contribution < -0.4 is 16.2 Å². The maximum atomic E-state index is 13.1. The van der Waals surface area contributed by atoms with Crippen molar-refractivity contribution in [2.24, 2.45) is 0 Å². The Morgan fingerprint density at radius 1 is 1.15 bits per heavy atom. The number of rotatable bonds is 4. The number of methoxy groups -OCH3 is 1. The second kappa shape index (κ2) is 6.82. The first-order chi connectivity index (χ1) is 12.7. The third-order valence-electron chi connectivity index (χ3n) is 4.15. The van der Waals surface area contributed by atoms with E-state index in [-0.39, 0.29) is 16.9 Å². The standard InChI is InChI=1S/C18H18F3N5O/c1-10-16(23)17(13-7-15(18(19,20)21)24-8-14(13)22)26(25-10)9-11-3-5-12(27-2)6-4-11/h3-8H,9,22-23H2,1-2H3. The molecule has 0 aliphatic heterocycles. The molecule has 2 aromatic heterocycles. The highest BCUT2D eigenvalue weighted by atomic mass is 19.4. The van der Waals surface area contributed by atoms with Crippen LogP contribution in [0.5, 0.6) is 5.75 Å². The summed E-state index contributed by atoms with van der Waals surface area (Å²) in [4.78, 5) is 3.37. The van der Waals surface area contributed by atoms with E-state index in [0.29, 0.717) is 23.7 Å². The van der Waals surface area contributed by atoms with Gasteiger partial charge in [0.1, 0.15) is 11.4 Å². The van der Waals surface area contributed by atoms with Gasteiger partial charge in [-0.1, -0.05) is 12.1 Å². The zero-order valence-corrected chi connectivity index (χ0v) is 14.7. The van der Waals surface area contributed by atoms with Gasteiger partial charge in [0.2, 0.25) is 0 Å². The molecule has 2 heterocycles. The molecule has 6 nitrogen and oxygen atoms in total. The average molecular weight is 377 g/mol. The molecule has 0 saturated carbocycles. The number of nitrogen functional groups attached to an aromatic ring is 2. The van der Waals surface area contributed by atoms with Crippen LogP contribution in [0.1, 0.15) is 17.0 Å². The summed E-state index contributed by atoms with van der Waals surface area (Å²) < 4.78 is 45.9. The summed E-state index contributed by atoms with van der Waals surface area (Å²) in [5.41, 5.74) is 13.2. The van der Waals surface area contributed by atoms with Crippen molar-refractivity contribution in [3.63, 3.8) is 0 Å². The zero-order valence-electron chi connectivity index (χ0n) is 14.7. The number of pyridine rings is 1. The number of halogens is 3. The van der Waals surface area contributed by atoms with E-state index in [9.17, 15) is 13.2 Å². The molecule has 0 aliphatic rings. The molecule has 4 N–H and O–H groups in total. The SMILES string of the molecule is COc1ccc(Cn2nc(C)c(N)c2-c2cc(C(F)(F)F)ncc2N)cc1. The fourth-order valence-corrected chi connectivity index (χ4v) is 2.72. The van der Waals surface area contributed by atoms with Gasteiger partial charge >= 0.3 is 6.18 Å². The molecule has 9 heteroatoms. The number of ether oxygens (including phenoxy) is 1. The van der Waals surface area contributed by atoms with Gasteiger partial charge < -0.3 is 16.2 Å². The van der Waals surface area contributed by atoms with Crippen LogP contribution in [-0.2, 0) is 12.7 Å². The number of anilines is 2. The maximum absolute atomic E-state index is 13.1. The molecule has 3 aromatic rings. The Morgan fingerprint density at radius 3 is 2.41 bits per heavy atom. The Morgan fingerprint density at radius 2 is 1.81 bits per heavy atom. The molecule has 0 saturated heterocycles. The molecule has 0 amide bonds. The largest absolute Gasteiger partial charge is 0.497 e. The molecule has 0 unspecified atom stereocenters. The summed E-state index contributed by atoms with van der Waals surface area (Å²) in [7, 11) is 1.56. The summed E-state index contributed by atoms with van der Waals surface area (Å²) in [5.74, 6) is 0.698. The average Bonchev–Trinajstić information content (AvgIpc) is 2.89. The first kappa shape index (κ1) is 18.6. The highest BCUT2D eigenvalue weighted by Gasteiger charge is 2.33. The maximum Gasteiger partial charge on any atom is 0.433 e. The zero-order chi connectivity index (χ0) is 19.8. The highest BCUT2D eigenvalue weighted by Crippen LogP contribution is 2.37. The topological polar surface area (TPSA) is 92.0 Å². The van der Waals surface area contributed by atoms with E-state index in [0.717, 1.165) is 17.8 Å². The molecule has 1 aromatic carbocycles. The number of nitrogens with zero attached hydrogens (tertiary/aromatic N) is 3. The number of hydrogen-bond acceptors (Lipinski definition) is 5. The van der Waals surface area contributed by atoms with E-state index in [1.807, 2.05) is 12.1 Å². The van der Waals surface area contributed by atoms with Crippen LogP contribution in [-0.4, -0.2) is 21.9 Å². The third kappa shape index (κ3) is 3.67. The van der Waals surface area contributed by atoms with Gasteiger partial charge in [0, 0.05) is 5.56 Å². The number of nitrogens with two attached hydrogens (primary N) is 2. The Bertz CT molecular complexity index is 964. The van der Waals surface area contributed by atoms with Crippen molar-refractivity contribution in [3.8, 4) is 17.0 Å². The van der Waals surface area contributed by atoms with Crippen molar-refractivity contribution >= 4 is 11.4 Å². The molecule has 3 rings (SSSR count). The van der Waals surface area contributed by atoms with Gasteiger partial charge in [0.25, 0.3) is 0 Å². The minimum Gasteiger partial charge on any atom is -0.497 e. The van der Waals surface area contributed by atoms with Crippen molar-refractivity contribution < 1.29 is 17.9 Å². The number of aromatic nitrogens is 3. The summed E-state index contributed by atoms with van der Waals surface area (Å²) in [6.45, 7) is 1.99. The van der Waals surface area contributed by atoms with Crippen LogP contribution in [0.4, 0.5) is 24.5 Å². The molecular formula is C18H18F3N5O. The van der Waals surface area contributed by atoms with Gasteiger partial charge in [-0.2, -0.15) is 18.3 Å². The Labute approximate surface area is 153 Å². The second-order valence-electron chi connectivity index (χ2n) is 6.01. The minimum atomic E-state index is -4.59. The van der Waals surface area contributed by atoms with E-state index in [1.54, 1.807) is 30.8 Å². The van der Waals surface area contributed by atoms with Gasteiger partial charge in [0.05, 0.1) is 42.6 Å². The van der Waals surface area contributed by atoms with E-state index in [2.05, 4.69) is 10.1 Å². The molecule has 0 radical (unpaired) electrons. The summed E-state index contributed by atoms with van der Waals surface area (Å²) in [6.07, 6.45) is -3.61. The van der Waals surface area contributed by atoms with Gasteiger partial charge in [-0.3, -0.25) is 4.68 Å². The molecule has 27 heavy (non-hydrogen) atoms. The van der Waals surface area contributed by atoms with E-state index < -0.39 is 11.9 Å². The second-order valence-corrected chi connectivity index (χ2v) is 6.01. The first-order valence-electron chi connectivity index (χ1n) is 7.99. The Hall–Kier alpha value is -3.23. The number of aryl methyl sites for hydroxylation is 1. The lowest BCUT2D eigenvalue weighted by atomic mass is 10.1. The molecule has 0 spiro atoms. The molecule has 0 bridgehead atoms. The molecule has 0 atom stereocenters. The number of hydrogen-bond donors (Lipinski definition) is 2. The molecule has 142 valence electrons. The summed E-state index contributed by atoms with van der Waals surface area (Å²) in [5, 5.41) is 4.36. The van der Waals surface area contributed by atoms with Crippen LogP contribution in [0.3, 0.4) is 0 Å². The summed E-state index contributed by atoms with van der Waals surface area (Å²) in [6, 6.07) is 8.15. The van der Waals surface area contributed by atoms with Crippen LogP contribution in [0, 0.1) is 6.92 Å². The fraction of sp³-hybridized carbons (Fsp3) is 0.222. The highest BCUT2D eigenvalue weighted by molar-refractivity contribution is 5.82. The van der Waals surface area contributed by atoms with Crippen molar-refractivity contribution in [2.75, 3.05) is 18.6 Å². The fourth-order valence-electron chi connectivity index (χ4n) is 2.72. The van der Waals surface area contributed by atoms with E-state index >= 15 is 0 Å². The van der Waals surface area contributed by atoms with Crippen molar-refractivity contribution in [1.82, 2.24) is 14.8 Å². The number of benzene rings is 1. The predicted molar refractivity (Wildman–Crippen MR) is 96.1 cm³/mol. The van der Waals surface area contributed by atoms with Crippen molar-refractivity contribution in [2.45, 2.75) is 19.6 Å². The Balaban J connectivity index is 2.08. The first-order valence-corrected chi connectivity index (χ1v) is 7.99. The smallest absolute Gasteiger partial charge is 0.433 e. The quantitative estimate of drug-likeness (QED) is 0.726. The van der Waals surface area contributed by atoms with E-state index in [1.165, 1.54) is 0 Å². The predicted octanol–water partition coefficient (Wildman–Crippen LogP) is 3.49. The van der Waals surface area contributed by atoms with Crippen LogP contribution in [0.25, 0.3) is 11.3 Å². The van der Waals surface area contributed by atoms with Gasteiger partial charge in [-0.15, -0.1) is 0 Å². The monoisotopic (exact) mass is 377 g/mol. The molecule has 0 aliphatic carbocycles. The minimum absolute atomic E-state index is 0.0885. The lowest BCUT2D eigenvalue weighted by molar-refractivity contribution is -0.141. The van der Waals surface area contributed by atoms with Crippen LogP contribution in [0.2, 0.25) is 0 Å². The van der Waals surface area contributed by atoms with Crippen LogP contribution >= 0.6 is 0 Å². The normalized spacial score (nSPS) is 11.6. The molecular weight excluding hydrogens is 359 g/mol. The molecule has 0 fully saturated rings. The van der Waals surface area contributed by atoms with E-state index in [4.69, 9.17) is 16.2 Å². The third-order valence-corrected chi connectivity index (χ3v) is 4.15. The van der Waals surface area contributed by atoms with Gasteiger partial charge in [0.15, 0.2) is 0 Å². The van der Waals surface area contributed by atoms with Gasteiger partial charge in [-0.05, 0) is 30.7 Å². The van der Waals surface area contributed by atoms with Crippen molar-refractivity contribution in [1.29, 1.82) is 0 Å². The van der Waals surface area contributed by atoms with Gasteiger partial charge in [-0.25, -0.2) is 4.98 Å². The van der Waals surface area contributed by atoms with Crippen LogP contribution in [0.15, 0.2) is 36.5 Å². The summed E-state index contributed by atoms with van der Waals surface area (Å²) >= 11 is 0. The Kier molecular flexibility index (Phi) is 4.69. The lowest BCUT2D eigenvalue weighted by Crippen LogP contribution is -2.11. The number of alkyl halides is 3. The van der Waals surface area contributed by atoms with Crippen molar-refractivity contribution in [3.05, 3.63) is 53.5 Å². The lowest BCUT2D eigenvalue weighted by Gasteiger charge is -2.13.